The molecule has 0 saturated carbocycles. The first-order valence-corrected chi connectivity index (χ1v) is 8.38. The molecule has 0 aromatic carbocycles. The monoisotopic (exact) mass is 320 g/mol. The third-order valence-corrected chi connectivity index (χ3v) is 4.66. The summed E-state index contributed by atoms with van der Waals surface area (Å²) in [5.41, 5.74) is 0.731. The average Bonchev–Trinajstić information content (AvgIpc) is 3.17. The highest BCUT2D eigenvalue weighted by Crippen LogP contribution is 2.24. The van der Waals surface area contributed by atoms with Crippen LogP contribution in [0.1, 0.15) is 17.7 Å². The molecule has 118 valence electrons. The predicted octanol–water partition coefficient (Wildman–Crippen LogP) is 2.48. The number of hydrogen-bond acceptors (Lipinski definition) is 5. The summed E-state index contributed by atoms with van der Waals surface area (Å²) in [6.45, 7) is 4.42. The van der Waals surface area contributed by atoms with Crippen molar-refractivity contribution in [2.45, 2.75) is 32.4 Å². The van der Waals surface area contributed by atoms with Crippen LogP contribution in [-0.2, 0) is 16.0 Å². The van der Waals surface area contributed by atoms with Crippen molar-refractivity contribution >= 4 is 11.3 Å². The molecule has 1 aliphatic heterocycles. The summed E-state index contributed by atoms with van der Waals surface area (Å²) >= 11 is 1.67. The normalized spacial score (nSPS) is 18.0. The molecule has 3 heterocycles. The topological polar surface area (TPSA) is 53.4 Å². The predicted molar refractivity (Wildman–Crippen MR) is 86.3 cm³/mol. The molecule has 0 amide bonds. The minimum Gasteiger partial charge on any atom is -0.377 e. The summed E-state index contributed by atoms with van der Waals surface area (Å²) in [5.74, 6) is 0. The van der Waals surface area contributed by atoms with Gasteiger partial charge >= 0.3 is 0 Å². The van der Waals surface area contributed by atoms with E-state index in [1.807, 2.05) is 6.07 Å². The Hall–Kier alpha value is -1.50. The Bertz CT molecular complexity index is 674. The molecule has 22 heavy (non-hydrogen) atoms. The van der Waals surface area contributed by atoms with Gasteiger partial charge in [-0.05, 0) is 38.0 Å². The Balaban J connectivity index is 1.59. The van der Waals surface area contributed by atoms with Crippen molar-refractivity contribution in [3.05, 3.63) is 39.5 Å². The SMILES string of the molecule is Cc1ccc(-c2ccc(=O)n(CCOC[C@H]3CCCO3)n2)s1. The average molecular weight is 320 g/mol. The molecule has 1 saturated heterocycles. The Morgan fingerprint density at radius 3 is 3.05 bits per heavy atom. The number of rotatable bonds is 6. The van der Waals surface area contributed by atoms with E-state index in [1.165, 1.54) is 9.56 Å². The third kappa shape index (κ3) is 3.82. The second-order valence-electron chi connectivity index (χ2n) is 5.40. The highest BCUT2D eigenvalue weighted by atomic mass is 32.1. The van der Waals surface area contributed by atoms with Crippen molar-refractivity contribution in [3.63, 3.8) is 0 Å². The summed E-state index contributed by atoms with van der Waals surface area (Å²) in [6, 6.07) is 7.43. The first-order valence-electron chi connectivity index (χ1n) is 7.57. The van der Waals surface area contributed by atoms with E-state index in [2.05, 4.69) is 18.1 Å². The lowest BCUT2D eigenvalue weighted by molar-refractivity contribution is 0.0139. The molecule has 3 rings (SSSR count). The van der Waals surface area contributed by atoms with Gasteiger partial charge in [0, 0.05) is 17.6 Å². The van der Waals surface area contributed by atoms with Gasteiger partial charge < -0.3 is 9.47 Å². The standard InChI is InChI=1S/C16H20N2O3S/c1-12-4-6-15(22-12)14-5-7-16(19)18(17-14)8-10-20-11-13-3-2-9-21-13/h4-7,13H,2-3,8-11H2,1H3/t13-/m1/s1. The van der Waals surface area contributed by atoms with E-state index in [0.29, 0.717) is 19.8 Å². The van der Waals surface area contributed by atoms with Gasteiger partial charge in [-0.2, -0.15) is 5.10 Å². The fourth-order valence-electron chi connectivity index (χ4n) is 2.45. The maximum atomic E-state index is 11.9. The van der Waals surface area contributed by atoms with Crippen LogP contribution < -0.4 is 5.56 Å². The van der Waals surface area contributed by atoms with Crippen molar-refractivity contribution in [2.24, 2.45) is 0 Å². The van der Waals surface area contributed by atoms with Gasteiger partial charge in [-0.25, -0.2) is 4.68 Å². The molecule has 0 aliphatic carbocycles. The molecular formula is C16H20N2O3S. The van der Waals surface area contributed by atoms with Crippen LogP contribution >= 0.6 is 11.3 Å². The molecule has 0 N–H and O–H groups in total. The maximum Gasteiger partial charge on any atom is 0.266 e. The largest absolute Gasteiger partial charge is 0.377 e. The molecule has 0 spiro atoms. The number of aryl methyl sites for hydroxylation is 1. The van der Waals surface area contributed by atoms with Crippen molar-refractivity contribution in [2.75, 3.05) is 19.8 Å². The summed E-state index contributed by atoms with van der Waals surface area (Å²) in [6.07, 6.45) is 2.38. The lowest BCUT2D eigenvalue weighted by atomic mass is 10.2. The molecule has 0 radical (unpaired) electrons. The molecule has 2 aromatic heterocycles. The third-order valence-electron chi connectivity index (χ3n) is 3.63. The minimum absolute atomic E-state index is 0.0993. The summed E-state index contributed by atoms with van der Waals surface area (Å²) in [5, 5.41) is 4.43. The van der Waals surface area contributed by atoms with Gasteiger partial charge in [-0.3, -0.25) is 4.79 Å². The van der Waals surface area contributed by atoms with E-state index in [9.17, 15) is 4.79 Å². The van der Waals surface area contributed by atoms with Gasteiger partial charge in [0.1, 0.15) is 5.69 Å². The summed E-state index contributed by atoms with van der Waals surface area (Å²) < 4.78 is 12.6. The number of hydrogen-bond donors (Lipinski definition) is 0. The molecule has 0 unspecified atom stereocenters. The minimum atomic E-state index is -0.0993. The van der Waals surface area contributed by atoms with Crippen LogP contribution in [0.3, 0.4) is 0 Å². The first kappa shape index (κ1) is 15.4. The van der Waals surface area contributed by atoms with Crippen LogP contribution in [0, 0.1) is 6.92 Å². The van der Waals surface area contributed by atoms with E-state index in [0.717, 1.165) is 30.0 Å². The van der Waals surface area contributed by atoms with Crippen molar-refractivity contribution in [1.29, 1.82) is 0 Å². The van der Waals surface area contributed by atoms with Gasteiger partial charge in [0.25, 0.3) is 5.56 Å². The Labute approximate surface area is 133 Å². The highest BCUT2D eigenvalue weighted by Gasteiger charge is 2.15. The van der Waals surface area contributed by atoms with E-state index in [4.69, 9.17) is 9.47 Å². The molecule has 5 nitrogen and oxygen atoms in total. The van der Waals surface area contributed by atoms with E-state index >= 15 is 0 Å². The van der Waals surface area contributed by atoms with Gasteiger partial charge in [0.2, 0.25) is 0 Å². The molecule has 0 bridgehead atoms. The zero-order valence-corrected chi connectivity index (χ0v) is 13.5. The molecule has 1 aliphatic rings. The van der Waals surface area contributed by atoms with Crippen molar-refractivity contribution in [3.8, 4) is 10.6 Å². The van der Waals surface area contributed by atoms with Crippen LogP contribution in [0.4, 0.5) is 0 Å². The second-order valence-corrected chi connectivity index (χ2v) is 6.69. The lowest BCUT2D eigenvalue weighted by Gasteiger charge is -2.10. The Kier molecular flexibility index (Phi) is 5.02. The second kappa shape index (κ2) is 7.17. The summed E-state index contributed by atoms with van der Waals surface area (Å²) in [7, 11) is 0. The number of nitrogens with zero attached hydrogens (tertiary/aromatic N) is 2. The zero-order valence-electron chi connectivity index (χ0n) is 12.7. The zero-order chi connectivity index (χ0) is 15.4. The lowest BCUT2D eigenvalue weighted by Crippen LogP contribution is -2.25. The Morgan fingerprint density at radius 1 is 1.41 bits per heavy atom. The molecular weight excluding hydrogens is 300 g/mol. The highest BCUT2D eigenvalue weighted by molar-refractivity contribution is 7.15. The van der Waals surface area contributed by atoms with E-state index < -0.39 is 0 Å². The first-order chi connectivity index (χ1) is 10.7. The molecule has 2 aromatic rings. The van der Waals surface area contributed by atoms with Crippen LogP contribution in [0.5, 0.6) is 0 Å². The summed E-state index contributed by atoms with van der Waals surface area (Å²) in [4.78, 5) is 14.2. The number of ether oxygens (including phenoxy) is 2. The maximum absolute atomic E-state index is 11.9. The smallest absolute Gasteiger partial charge is 0.266 e. The van der Waals surface area contributed by atoms with Gasteiger partial charge in [0.05, 0.1) is 30.7 Å². The van der Waals surface area contributed by atoms with Gasteiger partial charge in [-0.1, -0.05) is 0 Å². The van der Waals surface area contributed by atoms with E-state index in [-0.39, 0.29) is 11.7 Å². The van der Waals surface area contributed by atoms with Crippen molar-refractivity contribution < 1.29 is 9.47 Å². The van der Waals surface area contributed by atoms with Crippen molar-refractivity contribution in [1.82, 2.24) is 9.78 Å². The number of thiophene rings is 1. The van der Waals surface area contributed by atoms with E-state index in [1.54, 1.807) is 23.5 Å². The van der Waals surface area contributed by atoms with Crippen LogP contribution in [0.15, 0.2) is 29.1 Å². The Morgan fingerprint density at radius 2 is 2.32 bits per heavy atom. The fraction of sp³-hybridized carbons (Fsp3) is 0.500. The van der Waals surface area contributed by atoms with Crippen LogP contribution in [-0.4, -0.2) is 35.7 Å². The van der Waals surface area contributed by atoms with Gasteiger partial charge in [-0.15, -0.1) is 11.3 Å². The number of aromatic nitrogens is 2. The van der Waals surface area contributed by atoms with Gasteiger partial charge in [0.15, 0.2) is 0 Å². The van der Waals surface area contributed by atoms with Crippen LogP contribution in [0.2, 0.25) is 0 Å². The van der Waals surface area contributed by atoms with Crippen LogP contribution in [0.25, 0.3) is 10.6 Å². The quantitative estimate of drug-likeness (QED) is 0.767. The fourth-order valence-corrected chi connectivity index (χ4v) is 3.29. The molecule has 1 fully saturated rings. The molecule has 6 heteroatoms. The molecule has 1 atom stereocenters.